The number of aromatic nitrogens is 2. The fourth-order valence-corrected chi connectivity index (χ4v) is 3.18. The molecular formula is C16H18N4S. The molecule has 0 radical (unpaired) electrons. The molecule has 0 bridgehead atoms. The topological polar surface area (TPSA) is 63.8 Å². The molecule has 0 aromatic carbocycles. The SMILES string of the molecule is CCCNC(c1cnc2ccsc2c1)c1cccnc1N. The molecule has 0 fully saturated rings. The van der Waals surface area contributed by atoms with Crippen LogP contribution in [0.4, 0.5) is 5.82 Å². The Morgan fingerprint density at radius 3 is 3.05 bits per heavy atom. The minimum absolute atomic E-state index is 0.0256. The van der Waals surface area contributed by atoms with Gasteiger partial charge in [-0.25, -0.2) is 4.98 Å². The first-order valence-corrected chi connectivity index (χ1v) is 7.94. The largest absolute Gasteiger partial charge is 0.383 e. The van der Waals surface area contributed by atoms with E-state index in [0.29, 0.717) is 5.82 Å². The van der Waals surface area contributed by atoms with Gasteiger partial charge in [0.1, 0.15) is 5.82 Å². The van der Waals surface area contributed by atoms with E-state index in [2.05, 4.69) is 33.7 Å². The highest BCUT2D eigenvalue weighted by Gasteiger charge is 2.17. The molecule has 0 aliphatic rings. The molecule has 3 aromatic heterocycles. The second kappa shape index (κ2) is 6.20. The van der Waals surface area contributed by atoms with Crippen molar-refractivity contribution >= 4 is 27.4 Å². The van der Waals surface area contributed by atoms with E-state index < -0.39 is 0 Å². The third-order valence-corrected chi connectivity index (χ3v) is 4.29. The summed E-state index contributed by atoms with van der Waals surface area (Å²) in [4.78, 5) is 8.74. The van der Waals surface area contributed by atoms with E-state index in [4.69, 9.17) is 5.73 Å². The zero-order valence-electron chi connectivity index (χ0n) is 11.9. The van der Waals surface area contributed by atoms with Gasteiger partial charge in [0.25, 0.3) is 0 Å². The summed E-state index contributed by atoms with van der Waals surface area (Å²) in [5.74, 6) is 0.567. The second-order valence-electron chi connectivity index (χ2n) is 4.94. The van der Waals surface area contributed by atoms with E-state index in [1.54, 1.807) is 17.5 Å². The smallest absolute Gasteiger partial charge is 0.128 e. The Kier molecular flexibility index (Phi) is 4.13. The summed E-state index contributed by atoms with van der Waals surface area (Å²) in [6.07, 6.45) is 4.70. The number of fused-ring (bicyclic) bond motifs is 1. The van der Waals surface area contributed by atoms with Crippen LogP contribution >= 0.6 is 11.3 Å². The van der Waals surface area contributed by atoms with Crippen molar-refractivity contribution in [3.05, 3.63) is 53.2 Å². The number of anilines is 1. The Morgan fingerprint density at radius 2 is 2.24 bits per heavy atom. The van der Waals surface area contributed by atoms with Gasteiger partial charge in [0.05, 0.1) is 16.3 Å². The van der Waals surface area contributed by atoms with Crippen molar-refractivity contribution in [3.63, 3.8) is 0 Å². The van der Waals surface area contributed by atoms with Gasteiger partial charge < -0.3 is 11.1 Å². The quantitative estimate of drug-likeness (QED) is 0.758. The predicted molar refractivity (Wildman–Crippen MR) is 88.4 cm³/mol. The predicted octanol–water partition coefficient (Wildman–Crippen LogP) is 3.36. The van der Waals surface area contributed by atoms with Crippen LogP contribution in [0.3, 0.4) is 0 Å². The number of nitrogens with one attached hydrogen (secondary N) is 1. The lowest BCUT2D eigenvalue weighted by molar-refractivity contribution is 0.598. The maximum absolute atomic E-state index is 6.05. The monoisotopic (exact) mass is 298 g/mol. The fraction of sp³-hybridized carbons (Fsp3) is 0.250. The van der Waals surface area contributed by atoms with Gasteiger partial charge >= 0.3 is 0 Å². The Hall–Kier alpha value is -1.98. The molecule has 0 saturated heterocycles. The molecule has 21 heavy (non-hydrogen) atoms. The number of hydrogen-bond donors (Lipinski definition) is 2. The summed E-state index contributed by atoms with van der Waals surface area (Å²) in [5, 5.41) is 5.61. The van der Waals surface area contributed by atoms with Gasteiger partial charge in [-0.1, -0.05) is 13.0 Å². The van der Waals surface area contributed by atoms with Gasteiger partial charge in [-0.15, -0.1) is 11.3 Å². The average molecular weight is 298 g/mol. The number of rotatable bonds is 5. The molecule has 5 heteroatoms. The lowest BCUT2D eigenvalue weighted by Gasteiger charge is -2.20. The lowest BCUT2D eigenvalue weighted by atomic mass is 10.0. The molecule has 0 spiro atoms. The standard InChI is InChI=1S/C16H18N4S/c1-2-6-18-15(12-4-3-7-19-16(12)17)11-9-14-13(20-10-11)5-8-21-14/h3-5,7-10,15,18H,2,6H2,1H3,(H2,17,19). The molecule has 0 aliphatic carbocycles. The minimum atomic E-state index is 0.0256. The highest BCUT2D eigenvalue weighted by molar-refractivity contribution is 7.17. The number of hydrogen-bond acceptors (Lipinski definition) is 5. The van der Waals surface area contributed by atoms with Crippen molar-refractivity contribution in [1.82, 2.24) is 15.3 Å². The maximum Gasteiger partial charge on any atom is 0.128 e. The van der Waals surface area contributed by atoms with Gasteiger partial charge in [0, 0.05) is 18.0 Å². The molecular weight excluding hydrogens is 280 g/mol. The Bertz CT molecular complexity index is 738. The van der Waals surface area contributed by atoms with Crippen molar-refractivity contribution < 1.29 is 0 Å². The second-order valence-corrected chi connectivity index (χ2v) is 5.89. The first-order chi connectivity index (χ1) is 10.3. The van der Waals surface area contributed by atoms with Crippen LogP contribution in [0.5, 0.6) is 0 Å². The molecule has 3 aromatic rings. The van der Waals surface area contributed by atoms with E-state index in [1.807, 2.05) is 24.4 Å². The molecule has 1 unspecified atom stereocenters. The van der Waals surface area contributed by atoms with E-state index in [-0.39, 0.29) is 6.04 Å². The molecule has 4 nitrogen and oxygen atoms in total. The normalized spacial score (nSPS) is 12.6. The average Bonchev–Trinajstić information content (AvgIpc) is 2.97. The van der Waals surface area contributed by atoms with Crippen molar-refractivity contribution in [3.8, 4) is 0 Å². The fourth-order valence-electron chi connectivity index (χ4n) is 2.39. The van der Waals surface area contributed by atoms with Crippen molar-refractivity contribution in [2.24, 2.45) is 0 Å². The van der Waals surface area contributed by atoms with Crippen molar-refractivity contribution in [2.45, 2.75) is 19.4 Å². The zero-order valence-corrected chi connectivity index (χ0v) is 12.7. The zero-order chi connectivity index (χ0) is 14.7. The van der Waals surface area contributed by atoms with Gasteiger partial charge in [-0.3, -0.25) is 4.98 Å². The van der Waals surface area contributed by atoms with Crippen LogP contribution in [0.25, 0.3) is 10.2 Å². The number of nitrogens with two attached hydrogens (primary N) is 1. The van der Waals surface area contributed by atoms with Gasteiger partial charge in [-0.2, -0.15) is 0 Å². The molecule has 0 aliphatic heterocycles. The summed E-state index contributed by atoms with van der Waals surface area (Å²) >= 11 is 1.70. The third kappa shape index (κ3) is 2.89. The van der Waals surface area contributed by atoms with Crippen LogP contribution in [-0.4, -0.2) is 16.5 Å². The minimum Gasteiger partial charge on any atom is -0.383 e. The number of thiophene rings is 1. The number of pyridine rings is 2. The number of nitrogen functional groups attached to an aromatic ring is 1. The maximum atomic E-state index is 6.05. The van der Waals surface area contributed by atoms with E-state index >= 15 is 0 Å². The van der Waals surface area contributed by atoms with Crippen LogP contribution in [-0.2, 0) is 0 Å². The summed E-state index contributed by atoms with van der Waals surface area (Å²) in [5.41, 5.74) is 9.22. The van der Waals surface area contributed by atoms with Gasteiger partial charge in [0.2, 0.25) is 0 Å². The highest BCUT2D eigenvalue weighted by Crippen LogP contribution is 2.28. The van der Waals surface area contributed by atoms with E-state index in [1.165, 1.54) is 4.70 Å². The molecule has 1 atom stereocenters. The Morgan fingerprint density at radius 1 is 1.33 bits per heavy atom. The third-order valence-electron chi connectivity index (χ3n) is 3.44. The summed E-state index contributed by atoms with van der Waals surface area (Å²) in [6, 6.07) is 8.19. The van der Waals surface area contributed by atoms with Gasteiger partial charge in [-0.05, 0) is 42.1 Å². The first kappa shape index (κ1) is 14.0. The first-order valence-electron chi connectivity index (χ1n) is 7.06. The van der Waals surface area contributed by atoms with Crippen LogP contribution < -0.4 is 11.1 Å². The molecule has 0 amide bonds. The summed E-state index contributed by atoms with van der Waals surface area (Å²) in [7, 11) is 0. The lowest BCUT2D eigenvalue weighted by Crippen LogP contribution is -2.24. The van der Waals surface area contributed by atoms with Crippen LogP contribution in [0.2, 0.25) is 0 Å². The summed E-state index contributed by atoms with van der Waals surface area (Å²) in [6.45, 7) is 3.07. The molecule has 3 rings (SSSR count). The highest BCUT2D eigenvalue weighted by atomic mass is 32.1. The van der Waals surface area contributed by atoms with Crippen molar-refractivity contribution in [1.29, 1.82) is 0 Å². The molecule has 3 N–H and O–H groups in total. The van der Waals surface area contributed by atoms with E-state index in [0.717, 1.165) is 29.6 Å². The molecule has 0 saturated carbocycles. The van der Waals surface area contributed by atoms with Crippen LogP contribution in [0.1, 0.15) is 30.5 Å². The Balaban J connectivity index is 2.03. The van der Waals surface area contributed by atoms with Gasteiger partial charge in [0.15, 0.2) is 0 Å². The Labute approximate surface area is 128 Å². The van der Waals surface area contributed by atoms with Crippen LogP contribution in [0.15, 0.2) is 42.0 Å². The number of nitrogens with zero attached hydrogens (tertiary/aromatic N) is 2. The molecule has 108 valence electrons. The molecule has 3 heterocycles. The summed E-state index contributed by atoms with van der Waals surface area (Å²) < 4.78 is 1.19. The van der Waals surface area contributed by atoms with E-state index in [9.17, 15) is 0 Å². The van der Waals surface area contributed by atoms with Crippen LogP contribution in [0, 0.1) is 0 Å². The van der Waals surface area contributed by atoms with Crippen molar-refractivity contribution in [2.75, 3.05) is 12.3 Å².